The summed E-state index contributed by atoms with van der Waals surface area (Å²) in [5.41, 5.74) is 1.55. The largest absolute Gasteiger partial charge is 0.394 e. The molecule has 0 saturated carbocycles. The lowest BCUT2D eigenvalue weighted by atomic mass is 10.1. The molecule has 2 amide bonds. The maximum absolute atomic E-state index is 12.0. The Hall–Kier alpha value is -2.63. The molecule has 0 aliphatic heterocycles. The fourth-order valence-electron chi connectivity index (χ4n) is 2.31. The first-order chi connectivity index (χ1) is 12.8. The van der Waals surface area contributed by atoms with E-state index in [9.17, 15) is 14.7 Å². The van der Waals surface area contributed by atoms with Crippen molar-refractivity contribution in [1.29, 1.82) is 0 Å². The Morgan fingerprint density at radius 3 is 2.41 bits per heavy atom. The highest BCUT2D eigenvalue weighted by Gasteiger charge is 2.18. The lowest BCUT2D eigenvalue weighted by Crippen LogP contribution is -2.46. The summed E-state index contributed by atoms with van der Waals surface area (Å²) in [6, 6.07) is 14.3. The van der Waals surface area contributed by atoms with E-state index in [1.165, 1.54) is 6.08 Å². The van der Waals surface area contributed by atoms with Gasteiger partial charge >= 0.3 is 0 Å². The summed E-state index contributed by atoms with van der Waals surface area (Å²) in [4.78, 5) is 24.0. The zero-order valence-electron chi connectivity index (χ0n) is 15.3. The normalized spacial score (nSPS) is 11.4. The third-order valence-electron chi connectivity index (χ3n) is 3.78. The molecule has 0 spiro atoms. The first kappa shape index (κ1) is 20.7. The van der Waals surface area contributed by atoms with E-state index in [0.29, 0.717) is 10.7 Å². The summed E-state index contributed by atoms with van der Waals surface area (Å²) in [6.45, 7) is 3.37. The highest BCUT2D eigenvalue weighted by atomic mass is 35.5. The second-order valence-corrected chi connectivity index (χ2v) is 7.22. The summed E-state index contributed by atoms with van der Waals surface area (Å²) in [5.74, 6) is -0.446. The van der Waals surface area contributed by atoms with Gasteiger partial charge in [-0.15, -0.1) is 0 Å². The zero-order valence-corrected chi connectivity index (χ0v) is 16.1. The fourth-order valence-corrected chi connectivity index (χ4v) is 2.51. The van der Waals surface area contributed by atoms with Crippen LogP contribution in [0.3, 0.4) is 0 Å². The van der Waals surface area contributed by atoms with Crippen molar-refractivity contribution in [3.63, 3.8) is 0 Å². The average molecular weight is 387 g/mol. The molecule has 0 aromatic heterocycles. The molecular weight excluding hydrogens is 364 g/mol. The Morgan fingerprint density at radius 1 is 1.11 bits per heavy atom. The smallest absolute Gasteiger partial charge is 0.248 e. The fraction of sp³-hybridized carbons (Fsp3) is 0.238. The van der Waals surface area contributed by atoms with E-state index in [4.69, 9.17) is 11.6 Å². The number of aliphatic hydroxyl groups excluding tert-OH is 1. The number of hydrogen-bond donors (Lipinski definition) is 3. The van der Waals surface area contributed by atoms with E-state index in [1.807, 2.05) is 18.2 Å². The Labute approximate surface area is 164 Å². The van der Waals surface area contributed by atoms with Crippen LogP contribution in [0.2, 0.25) is 5.02 Å². The van der Waals surface area contributed by atoms with Gasteiger partial charge in [0, 0.05) is 16.8 Å². The van der Waals surface area contributed by atoms with Gasteiger partial charge in [0.25, 0.3) is 0 Å². The van der Waals surface area contributed by atoms with Gasteiger partial charge in [0.1, 0.15) is 0 Å². The number of benzene rings is 2. The van der Waals surface area contributed by atoms with Gasteiger partial charge < -0.3 is 15.7 Å². The van der Waals surface area contributed by atoms with Crippen LogP contribution in [0.15, 0.2) is 54.6 Å². The highest BCUT2D eigenvalue weighted by molar-refractivity contribution is 6.32. The standard InChI is InChI=1S/C21H23ClN2O3/c1-21(2,14-25)24-20(27)13-15-7-10-17(11-8-15)23-19(26)12-9-16-5-3-4-6-18(16)22/h3-12,25H,13-14H2,1-2H3,(H,23,26)(H,24,27)/b12-9+. The number of anilines is 1. The Bertz CT molecular complexity index is 830. The van der Waals surface area contributed by atoms with Crippen molar-refractivity contribution in [1.82, 2.24) is 5.32 Å². The van der Waals surface area contributed by atoms with Crippen molar-refractivity contribution >= 4 is 35.2 Å². The molecule has 2 aromatic rings. The highest BCUT2D eigenvalue weighted by Crippen LogP contribution is 2.16. The van der Waals surface area contributed by atoms with Crippen LogP contribution in [0.4, 0.5) is 5.69 Å². The molecule has 0 saturated heterocycles. The lowest BCUT2D eigenvalue weighted by Gasteiger charge is -2.23. The summed E-state index contributed by atoms with van der Waals surface area (Å²) in [5, 5.41) is 15.3. The number of carbonyl (C=O) groups is 2. The number of halogens is 1. The van der Waals surface area contributed by atoms with E-state index in [-0.39, 0.29) is 24.8 Å². The Morgan fingerprint density at radius 2 is 1.78 bits per heavy atom. The van der Waals surface area contributed by atoms with Crippen LogP contribution in [0, 0.1) is 0 Å². The summed E-state index contributed by atoms with van der Waals surface area (Å²) < 4.78 is 0. The van der Waals surface area contributed by atoms with Crippen molar-refractivity contribution in [2.45, 2.75) is 25.8 Å². The SMILES string of the molecule is CC(C)(CO)NC(=O)Cc1ccc(NC(=O)/C=C/c2ccccc2Cl)cc1. The second-order valence-electron chi connectivity index (χ2n) is 6.81. The van der Waals surface area contributed by atoms with Crippen LogP contribution < -0.4 is 10.6 Å². The van der Waals surface area contributed by atoms with Gasteiger partial charge in [-0.05, 0) is 49.2 Å². The molecule has 6 heteroatoms. The molecule has 0 bridgehead atoms. The van der Waals surface area contributed by atoms with Crippen molar-refractivity contribution in [3.05, 3.63) is 70.8 Å². The van der Waals surface area contributed by atoms with Gasteiger partial charge in [-0.3, -0.25) is 9.59 Å². The number of aliphatic hydroxyl groups is 1. The molecule has 0 unspecified atom stereocenters. The van der Waals surface area contributed by atoms with E-state index in [2.05, 4.69) is 10.6 Å². The lowest BCUT2D eigenvalue weighted by molar-refractivity contribution is -0.122. The average Bonchev–Trinajstić information content (AvgIpc) is 2.62. The Kier molecular flexibility index (Phi) is 7.16. The molecule has 2 aromatic carbocycles. The molecule has 5 nitrogen and oxygen atoms in total. The van der Waals surface area contributed by atoms with Crippen molar-refractivity contribution in [3.8, 4) is 0 Å². The first-order valence-electron chi connectivity index (χ1n) is 8.53. The minimum atomic E-state index is -0.654. The van der Waals surface area contributed by atoms with E-state index in [1.54, 1.807) is 50.3 Å². The van der Waals surface area contributed by atoms with E-state index in [0.717, 1.165) is 11.1 Å². The van der Waals surface area contributed by atoms with Gasteiger partial charge in [0.15, 0.2) is 0 Å². The van der Waals surface area contributed by atoms with Gasteiger partial charge in [0.05, 0.1) is 18.6 Å². The van der Waals surface area contributed by atoms with Crippen LogP contribution in [0.5, 0.6) is 0 Å². The second kappa shape index (κ2) is 9.35. The maximum atomic E-state index is 12.0. The first-order valence-corrected chi connectivity index (χ1v) is 8.91. The van der Waals surface area contributed by atoms with Crippen LogP contribution in [-0.4, -0.2) is 29.1 Å². The predicted molar refractivity (Wildman–Crippen MR) is 109 cm³/mol. The number of hydrogen-bond acceptors (Lipinski definition) is 3. The van der Waals surface area contributed by atoms with Gasteiger partial charge in [-0.1, -0.05) is 41.9 Å². The monoisotopic (exact) mass is 386 g/mol. The molecule has 2 rings (SSSR count). The van der Waals surface area contributed by atoms with Crippen LogP contribution >= 0.6 is 11.6 Å². The summed E-state index contributed by atoms with van der Waals surface area (Å²) >= 11 is 6.05. The minimum Gasteiger partial charge on any atom is -0.394 e. The molecule has 27 heavy (non-hydrogen) atoms. The number of rotatable bonds is 7. The molecule has 3 N–H and O–H groups in total. The third-order valence-corrected chi connectivity index (χ3v) is 4.12. The van der Waals surface area contributed by atoms with Crippen LogP contribution in [0.1, 0.15) is 25.0 Å². The van der Waals surface area contributed by atoms with Gasteiger partial charge in [0.2, 0.25) is 11.8 Å². The molecule has 0 fully saturated rings. The zero-order chi connectivity index (χ0) is 19.9. The molecule has 0 aliphatic carbocycles. The van der Waals surface area contributed by atoms with Crippen LogP contribution in [-0.2, 0) is 16.0 Å². The van der Waals surface area contributed by atoms with Crippen molar-refractivity contribution in [2.75, 3.05) is 11.9 Å². The molecule has 0 atom stereocenters. The Balaban J connectivity index is 1.90. The van der Waals surface area contributed by atoms with E-state index < -0.39 is 5.54 Å². The molecule has 0 aliphatic rings. The van der Waals surface area contributed by atoms with E-state index >= 15 is 0 Å². The number of carbonyl (C=O) groups excluding carboxylic acids is 2. The topological polar surface area (TPSA) is 78.4 Å². The summed E-state index contributed by atoms with van der Waals surface area (Å²) in [6.07, 6.45) is 3.27. The maximum Gasteiger partial charge on any atom is 0.248 e. The van der Waals surface area contributed by atoms with Gasteiger partial charge in [-0.2, -0.15) is 0 Å². The van der Waals surface area contributed by atoms with Crippen molar-refractivity contribution in [2.24, 2.45) is 0 Å². The number of amides is 2. The predicted octanol–water partition coefficient (Wildman–Crippen LogP) is 3.42. The van der Waals surface area contributed by atoms with Crippen LogP contribution in [0.25, 0.3) is 6.08 Å². The molecule has 0 heterocycles. The quantitative estimate of drug-likeness (QED) is 0.638. The molecule has 0 radical (unpaired) electrons. The van der Waals surface area contributed by atoms with Gasteiger partial charge in [-0.25, -0.2) is 0 Å². The molecule has 142 valence electrons. The summed E-state index contributed by atoms with van der Waals surface area (Å²) in [7, 11) is 0. The van der Waals surface area contributed by atoms with Crippen molar-refractivity contribution < 1.29 is 14.7 Å². The third kappa shape index (κ3) is 6.89. The number of nitrogens with one attached hydrogen (secondary N) is 2. The molecular formula is C21H23ClN2O3. The minimum absolute atomic E-state index is 0.134.